The third kappa shape index (κ3) is 5.06. The molecular formula is C19H29NO2. The number of unbranched alkanes of at least 4 members (excludes halogenated alkanes) is 1. The van der Waals surface area contributed by atoms with Crippen LogP contribution in [0.15, 0.2) is 30.9 Å². The number of nitrogens with zero attached hydrogens (tertiary/aromatic N) is 1. The minimum atomic E-state index is 0.748. The van der Waals surface area contributed by atoms with Crippen LogP contribution < -0.4 is 9.47 Å². The van der Waals surface area contributed by atoms with Gasteiger partial charge >= 0.3 is 0 Å². The molecule has 0 aromatic heterocycles. The van der Waals surface area contributed by atoms with Crippen molar-refractivity contribution in [3.8, 4) is 11.5 Å². The Morgan fingerprint density at radius 1 is 1.18 bits per heavy atom. The van der Waals surface area contributed by atoms with E-state index in [-0.39, 0.29) is 0 Å². The van der Waals surface area contributed by atoms with Crippen LogP contribution in [0.25, 0.3) is 0 Å². The molecule has 0 amide bonds. The van der Waals surface area contributed by atoms with Gasteiger partial charge in [-0.3, -0.25) is 0 Å². The van der Waals surface area contributed by atoms with Crippen LogP contribution in [0.3, 0.4) is 0 Å². The number of hydrogen-bond acceptors (Lipinski definition) is 3. The van der Waals surface area contributed by atoms with Crippen LogP contribution in [0, 0.1) is 0 Å². The summed E-state index contributed by atoms with van der Waals surface area (Å²) < 4.78 is 11.4. The molecule has 1 heterocycles. The molecule has 0 spiro atoms. The average Bonchev–Trinajstić information content (AvgIpc) is 2.56. The zero-order valence-corrected chi connectivity index (χ0v) is 13.9. The Morgan fingerprint density at radius 3 is 2.73 bits per heavy atom. The van der Waals surface area contributed by atoms with E-state index in [1.165, 1.54) is 45.3 Å². The number of allylic oxidation sites excluding steroid dienone is 1. The summed E-state index contributed by atoms with van der Waals surface area (Å²) >= 11 is 0. The molecule has 0 bridgehead atoms. The van der Waals surface area contributed by atoms with Crippen molar-refractivity contribution in [2.24, 2.45) is 0 Å². The zero-order chi connectivity index (χ0) is 15.6. The number of likely N-dealkylation sites (tertiary alicyclic amines) is 1. The second-order valence-corrected chi connectivity index (χ2v) is 5.90. The topological polar surface area (TPSA) is 21.7 Å². The summed E-state index contributed by atoms with van der Waals surface area (Å²) in [5.74, 6) is 1.69. The monoisotopic (exact) mass is 303 g/mol. The molecule has 0 atom stereocenters. The second-order valence-electron chi connectivity index (χ2n) is 5.90. The Morgan fingerprint density at radius 2 is 2.00 bits per heavy atom. The number of hydrogen-bond donors (Lipinski definition) is 0. The molecule has 1 saturated heterocycles. The lowest BCUT2D eigenvalue weighted by molar-refractivity contribution is 0.214. The molecule has 22 heavy (non-hydrogen) atoms. The minimum absolute atomic E-state index is 0.748. The normalized spacial score (nSPS) is 15.5. The molecule has 1 aromatic rings. The van der Waals surface area contributed by atoms with E-state index in [0.717, 1.165) is 36.5 Å². The molecule has 0 aliphatic carbocycles. The summed E-state index contributed by atoms with van der Waals surface area (Å²) in [5, 5.41) is 0. The molecule has 0 saturated carbocycles. The summed E-state index contributed by atoms with van der Waals surface area (Å²) in [4.78, 5) is 2.58. The van der Waals surface area contributed by atoms with Crippen LogP contribution in [0.2, 0.25) is 0 Å². The van der Waals surface area contributed by atoms with Gasteiger partial charge in [-0.1, -0.05) is 24.6 Å². The molecule has 2 rings (SSSR count). The predicted octanol–water partition coefficient (Wildman–Crippen LogP) is 4.07. The van der Waals surface area contributed by atoms with Gasteiger partial charge in [0, 0.05) is 5.56 Å². The van der Waals surface area contributed by atoms with Gasteiger partial charge in [0.25, 0.3) is 0 Å². The number of benzene rings is 1. The van der Waals surface area contributed by atoms with Crippen molar-refractivity contribution >= 4 is 0 Å². The molecule has 0 unspecified atom stereocenters. The Labute approximate surface area is 134 Å². The van der Waals surface area contributed by atoms with E-state index in [4.69, 9.17) is 9.47 Å². The summed E-state index contributed by atoms with van der Waals surface area (Å²) in [6, 6.07) is 6.03. The van der Waals surface area contributed by atoms with Gasteiger partial charge in [-0.15, -0.1) is 6.58 Å². The van der Waals surface area contributed by atoms with Gasteiger partial charge in [-0.2, -0.15) is 0 Å². The highest BCUT2D eigenvalue weighted by molar-refractivity contribution is 5.47. The predicted molar refractivity (Wildman–Crippen MR) is 91.9 cm³/mol. The smallest absolute Gasteiger partial charge is 0.164 e. The average molecular weight is 303 g/mol. The highest BCUT2D eigenvalue weighted by Crippen LogP contribution is 2.31. The maximum atomic E-state index is 6.01. The molecule has 0 radical (unpaired) electrons. The lowest BCUT2D eigenvalue weighted by Gasteiger charge is -2.26. The Balaban J connectivity index is 1.76. The van der Waals surface area contributed by atoms with Crippen LogP contribution >= 0.6 is 0 Å². The van der Waals surface area contributed by atoms with Crippen molar-refractivity contribution in [3.05, 3.63) is 36.4 Å². The van der Waals surface area contributed by atoms with Crippen molar-refractivity contribution in [3.63, 3.8) is 0 Å². The maximum absolute atomic E-state index is 6.01. The van der Waals surface area contributed by atoms with E-state index in [0.29, 0.717) is 0 Å². The highest BCUT2D eigenvalue weighted by Gasteiger charge is 2.11. The summed E-state index contributed by atoms with van der Waals surface area (Å²) in [6.45, 7) is 8.31. The number of methoxy groups -OCH3 is 1. The van der Waals surface area contributed by atoms with Gasteiger partial charge in [-0.25, -0.2) is 0 Å². The van der Waals surface area contributed by atoms with Gasteiger partial charge in [-0.05, 0) is 57.8 Å². The fourth-order valence-corrected chi connectivity index (χ4v) is 3.00. The van der Waals surface area contributed by atoms with Crippen LogP contribution in [-0.2, 0) is 6.42 Å². The van der Waals surface area contributed by atoms with E-state index in [9.17, 15) is 0 Å². The third-order valence-electron chi connectivity index (χ3n) is 4.21. The van der Waals surface area contributed by atoms with Crippen LogP contribution in [0.1, 0.15) is 37.7 Å². The second kappa shape index (κ2) is 9.52. The van der Waals surface area contributed by atoms with Crippen molar-refractivity contribution in [1.82, 2.24) is 4.90 Å². The van der Waals surface area contributed by atoms with Crippen molar-refractivity contribution in [2.75, 3.05) is 33.4 Å². The number of ether oxygens (including phenoxy) is 2. The Hall–Kier alpha value is -1.48. The van der Waals surface area contributed by atoms with Crippen molar-refractivity contribution < 1.29 is 9.47 Å². The molecule has 1 aromatic carbocycles. The summed E-state index contributed by atoms with van der Waals surface area (Å²) in [6.07, 6.45) is 9.12. The molecule has 1 fully saturated rings. The quantitative estimate of drug-likeness (QED) is 0.507. The van der Waals surface area contributed by atoms with E-state index in [1.54, 1.807) is 7.11 Å². The molecule has 0 N–H and O–H groups in total. The zero-order valence-electron chi connectivity index (χ0n) is 13.9. The lowest BCUT2D eigenvalue weighted by Crippen LogP contribution is -2.30. The van der Waals surface area contributed by atoms with E-state index in [2.05, 4.69) is 17.5 Å². The number of para-hydroxylation sites is 1. The molecular weight excluding hydrogens is 274 g/mol. The van der Waals surface area contributed by atoms with E-state index in [1.807, 2.05) is 18.2 Å². The molecule has 1 aliphatic rings. The van der Waals surface area contributed by atoms with Crippen molar-refractivity contribution in [1.29, 1.82) is 0 Å². The Kier molecular flexibility index (Phi) is 7.31. The van der Waals surface area contributed by atoms with Crippen LogP contribution in [0.5, 0.6) is 11.5 Å². The van der Waals surface area contributed by atoms with Gasteiger partial charge in [0.05, 0.1) is 13.7 Å². The first kappa shape index (κ1) is 16.9. The van der Waals surface area contributed by atoms with Gasteiger partial charge < -0.3 is 14.4 Å². The molecule has 3 nitrogen and oxygen atoms in total. The molecule has 3 heteroatoms. The number of rotatable bonds is 9. The molecule has 122 valence electrons. The van der Waals surface area contributed by atoms with Crippen LogP contribution in [0.4, 0.5) is 0 Å². The third-order valence-corrected chi connectivity index (χ3v) is 4.21. The maximum Gasteiger partial charge on any atom is 0.164 e. The van der Waals surface area contributed by atoms with E-state index < -0.39 is 0 Å². The SMILES string of the molecule is C=CCc1cccc(OC)c1OCCCCN1CCCCC1. The highest BCUT2D eigenvalue weighted by atomic mass is 16.5. The van der Waals surface area contributed by atoms with E-state index >= 15 is 0 Å². The summed E-state index contributed by atoms with van der Waals surface area (Å²) in [7, 11) is 1.69. The first-order chi connectivity index (χ1) is 10.8. The van der Waals surface area contributed by atoms with Gasteiger partial charge in [0.15, 0.2) is 11.5 Å². The fraction of sp³-hybridized carbons (Fsp3) is 0.579. The molecule has 1 aliphatic heterocycles. The first-order valence-electron chi connectivity index (χ1n) is 8.47. The Bertz CT molecular complexity index is 453. The fourth-order valence-electron chi connectivity index (χ4n) is 3.00. The van der Waals surface area contributed by atoms with Gasteiger partial charge in [0.2, 0.25) is 0 Å². The lowest BCUT2D eigenvalue weighted by atomic mass is 10.1. The van der Waals surface area contributed by atoms with Crippen molar-refractivity contribution in [2.45, 2.75) is 38.5 Å². The number of piperidine rings is 1. The van der Waals surface area contributed by atoms with Crippen LogP contribution in [-0.4, -0.2) is 38.3 Å². The first-order valence-corrected chi connectivity index (χ1v) is 8.47. The van der Waals surface area contributed by atoms with Gasteiger partial charge in [0.1, 0.15) is 0 Å². The minimum Gasteiger partial charge on any atom is -0.493 e. The largest absolute Gasteiger partial charge is 0.493 e. The standard InChI is InChI=1S/C19H29NO2/c1-3-10-17-11-9-12-18(21-2)19(17)22-16-8-7-15-20-13-5-4-6-14-20/h3,9,11-12H,1,4-8,10,13-16H2,2H3. The summed E-state index contributed by atoms with van der Waals surface area (Å²) in [5.41, 5.74) is 1.14.